The Labute approximate surface area is 127 Å². The summed E-state index contributed by atoms with van der Waals surface area (Å²) in [6.07, 6.45) is 1.68. The van der Waals surface area contributed by atoms with Gasteiger partial charge in [-0.25, -0.2) is 13.2 Å². The van der Waals surface area contributed by atoms with Gasteiger partial charge in [-0.3, -0.25) is 0 Å². The van der Waals surface area contributed by atoms with Crippen molar-refractivity contribution in [3.63, 3.8) is 0 Å². The number of halogens is 3. The summed E-state index contributed by atoms with van der Waals surface area (Å²) in [6, 6.07) is 10.1. The van der Waals surface area contributed by atoms with Gasteiger partial charge >= 0.3 is 0 Å². The van der Waals surface area contributed by atoms with E-state index in [0.717, 1.165) is 43.1 Å². The smallest absolute Gasteiger partial charge is 0.159 e. The van der Waals surface area contributed by atoms with Gasteiger partial charge in [-0.2, -0.15) is 0 Å². The molecule has 1 heterocycles. The third-order valence-electron chi connectivity index (χ3n) is 3.90. The van der Waals surface area contributed by atoms with Gasteiger partial charge in [0.25, 0.3) is 0 Å². The predicted molar refractivity (Wildman–Crippen MR) is 80.9 cm³/mol. The number of benzene rings is 2. The van der Waals surface area contributed by atoms with Crippen molar-refractivity contribution in [2.45, 2.75) is 12.8 Å². The summed E-state index contributed by atoms with van der Waals surface area (Å²) in [6.45, 7) is 1.70. The molecule has 114 valence electrons. The molecule has 1 saturated heterocycles. The molecule has 0 bridgehead atoms. The summed E-state index contributed by atoms with van der Waals surface area (Å²) in [5, 5.41) is 3.27. The van der Waals surface area contributed by atoms with Crippen LogP contribution in [0, 0.1) is 17.5 Å². The van der Waals surface area contributed by atoms with Crippen molar-refractivity contribution in [2.24, 2.45) is 0 Å². The molecule has 2 aromatic carbocycles. The number of piperidine rings is 1. The van der Waals surface area contributed by atoms with Crippen LogP contribution in [-0.4, -0.2) is 13.1 Å². The van der Waals surface area contributed by atoms with Gasteiger partial charge in [0, 0.05) is 0 Å². The van der Waals surface area contributed by atoms with Crippen molar-refractivity contribution in [3.05, 3.63) is 76.6 Å². The molecule has 22 heavy (non-hydrogen) atoms. The molecule has 3 rings (SSSR count). The fraction of sp³-hybridized carbons (Fsp3) is 0.222. The molecule has 0 radical (unpaired) electrons. The molecule has 0 aliphatic carbocycles. The highest BCUT2D eigenvalue weighted by atomic mass is 19.2. The van der Waals surface area contributed by atoms with Crippen LogP contribution >= 0.6 is 0 Å². The lowest BCUT2D eigenvalue weighted by molar-refractivity contribution is 0.508. The Morgan fingerprint density at radius 2 is 1.41 bits per heavy atom. The van der Waals surface area contributed by atoms with E-state index in [1.54, 1.807) is 18.2 Å². The van der Waals surface area contributed by atoms with Gasteiger partial charge in [0.2, 0.25) is 0 Å². The molecule has 1 fully saturated rings. The van der Waals surface area contributed by atoms with Crippen molar-refractivity contribution >= 4 is 5.57 Å². The molecule has 0 amide bonds. The lowest BCUT2D eigenvalue weighted by Crippen LogP contribution is -2.23. The van der Waals surface area contributed by atoms with Crippen LogP contribution in [0.4, 0.5) is 13.2 Å². The van der Waals surface area contributed by atoms with Crippen molar-refractivity contribution in [1.82, 2.24) is 5.32 Å². The Morgan fingerprint density at radius 3 is 2.05 bits per heavy atom. The van der Waals surface area contributed by atoms with Crippen LogP contribution < -0.4 is 5.32 Å². The Morgan fingerprint density at radius 1 is 0.773 bits per heavy atom. The number of rotatable bonds is 2. The van der Waals surface area contributed by atoms with Crippen LogP contribution in [0.1, 0.15) is 24.0 Å². The van der Waals surface area contributed by atoms with Crippen molar-refractivity contribution < 1.29 is 13.2 Å². The molecule has 1 aliphatic rings. The molecular formula is C18H16F3N. The summed E-state index contributed by atoms with van der Waals surface area (Å²) in [4.78, 5) is 0. The van der Waals surface area contributed by atoms with E-state index in [2.05, 4.69) is 5.32 Å². The molecule has 0 saturated carbocycles. The Bertz CT molecular complexity index is 697. The third kappa shape index (κ3) is 3.07. The molecule has 0 aromatic heterocycles. The lowest BCUT2D eigenvalue weighted by atomic mass is 9.89. The zero-order valence-electron chi connectivity index (χ0n) is 12.0. The van der Waals surface area contributed by atoms with E-state index in [1.165, 1.54) is 23.8 Å². The van der Waals surface area contributed by atoms with Crippen molar-refractivity contribution in [3.8, 4) is 0 Å². The average molecular weight is 303 g/mol. The number of hydrogen-bond donors (Lipinski definition) is 1. The fourth-order valence-electron chi connectivity index (χ4n) is 2.82. The Balaban J connectivity index is 2.13. The molecule has 1 nitrogen and oxygen atoms in total. The van der Waals surface area contributed by atoms with E-state index in [4.69, 9.17) is 0 Å². The highest BCUT2D eigenvalue weighted by molar-refractivity contribution is 5.82. The topological polar surface area (TPSA) is 12.0 Å². The minimum atomic E-state index is -0.869. The minimum Gasteiger partial charge on any atom is -0.316 e. The molecule has 1 aliphatic heterocycles. The fourth-order valence-corrected chi connectivity index (χ4v) is 2.82. The Hall–Kier alpha value is -2.07. The van der Waals surface area contributed by atoms with Crippen LogP contribution in [0.15, 0.2) is 48.0 Å². The minimum absolute atomic E-state index is 0.316. The molecule has 2 aromatic rings. The van der Waals surface area contributed by atoms with Gasteiger partial charge < -0.3 is 5.32 Å². The predicted octanol–water partition coefficient (Wildman–Crippen LogP) is 4.29. The molecule has 0 unspecified atom stereocenters. The summed E-state index contributed by atoms with van der Waals surface area (Å²) in [5.74, 6) is -2.05. The first-order chi connectivity index (χ1) is 10.6. The zero-order chi connectivity index (χ0) is 15.5. The Kier molecular flexibility index (Phi) is 4.29. The SMILES string of the molecule is Fc1ccc(C(=C2CCNCC2)c2ccc(F)c(F)c2)cc1. The monoisotopic (exact) mass is 303 g/mol. The van der Waals surface area contributed by atoms with Gasteiger partial charge in [-0.05, 0) is 66.9 Å². The largest absolute Gasteiger partial charge is 0.316 e. The number of nitrogens with one attached hydrogen (secondary N) is 1. The van der Waals surface area contributed by atoms with E-state index in [0.29, 0.717) is 5.56 Å². The van der Waals surface area contributed by atoms with Gasteiger partial charge in [-0.15, -0.1) is 0 Å². The average Bonchev–Trinajstić information content (AvgIpc) is 2.54. The van der Waals surface area contributed by atoms with Gasteiger partial charge in [0.15, 0.2) is 11.6 Å². The third-order valence-corrected chi connectivity index (χ3v) is 3.90. The first-order valence-electron chi connectivity index (χ1n) is 7.29. The van der Waals surface area contributed by atoms with Gasteiger partial charge in [0.1, 0.15) is 5.82 Å². The summed E-state index contributed by atoms with van der Waals surface area (Å²) in [7, 11) is 0. The molecule has 1 N–H and O–H groups in total. The van der Waals surface area contributed by atoms with Crippen LogP contribution in [-0.2, 0) is 0 Å². The standard InChI is InChI=1S/C18H16F3N/c19-15-4-1-12(2-5-15)18(13-7-9-22-10-8-13)14-3-6-16(20)17(21)11-14/h1-6,11,22H,7-10H2. The summed E-state index contributed by atoms with van der Waals surface area (Å²) in [5.41, 5.74) is 3.50. The van der Waals surface area contributed by atoms with E-state index in [1.807, 2.05) is 0 Å². The highest BCUT2D eigenvalue weighted by Gasteiger charge is 2.16. The van der Waals surface area contributed by atoms with Crippen molar-refractivity contribution in [2.75, 3.05) is 13.1 Å². The maximum absolute atomic E-state index is 13.6. The van der Waals surface area contributed by atoms with E-state index < -0.39 is 11.6 Å². The second-order valence-electron chi connectivity index (χ2n) is 5.36. The van der Waals surface area contributed by atoms with Crippen LogP contribution in [0.5, 0.6) is 0 Å². The van der Waals surface area contributed by atoms with Gasteiger partial charge in [0.05, 0.1) is 0 Å². The lowest BCUT2D eigenvalue weighted by Gasteiger charge is -2.21. The van der Waals surface area contributed by atoms with Crippen molar-refractivity contribution in [1.29, 1.82) is 0 Å². The first kappa shape index (κ1) is 14.9. The molecule has 0 spiro atoms. The van der Waals surface area contributed by atoms with Crippen LogP contribution in [0.2, 0.25) is 0 Å². The summed E-state index contributed by atoms with van der Waals surface area (Å²) >= 11 is 0. The van der Waals surface area contributed by atoms with Gasteiger partial charge in [-0.1, -0.05) is 23.8 Å². The summed E-state index contributed by atoms with van der Waals surface area (Å²) < 4.78 is 40.0. The van der Waals surface area contributed by atoms with Crippen LogP contribution in [0.25, 0.3) is 5.57 Å². The van der Waals surface area contributed by atoms with E-state index in [9.17, 15) is 13.2 Å². The zero-order valence-corrected chi connectivity index (χ0v) is 12.0. The normalized spacial score (nSPS) is 15.0. The van der Waals surface area contributed by atoms with E-state index in [-0.39, 0.29) is 5.82 Å². The maximum Gasteiger partial charge on any atom is 0.159 e. The first-order valence-corrected chi connectivity index (χ1v) is 7.29. The maximum atomic E-state index is 13.6. The second kappa shape index (κ2) is 6.36. The molecule has 4 heteroatoms. The highest BCUT2D eigenvalue weighted by Crippen LogP contribution is 2.31. The second-order valence-corrected chi connectivity index (χ2v) is 5.36. The van der Waals surface area contributed by atoms with Crippen LogP contribution in [0.3, 0.4) is 0 Å². The van der Waals surface area contributed by atoms with E-state index >= 15 is 0 Å². The molecular weight excluding hydrogens is 287 g/mol. The molecule has 0 atom stereocenters. The number of hydrogen-bond acceptors (Lipinski definition) is 1. The quantitative estimate of drug-likeness (QED) is 0.872.